The zero-order chi connectivity index (χ0) is 15.2. The lowest BCUT2D eigenvalue weighted by Crippen LogP contribution is -2.34. The Hall–Kier alpha value is -1.10. The Morgan fingerprint density at radius 3 is 2.35 bits per heavy atom. The number of rotatable bonds is 8. The molecule has 0 aromatic heterocycles. The minimum Gasteiger partial charge on any atom is -0.465 e. The first-order chi connectivity index (χ1) is 9.31. The number of carbonyl (C=O) groups is 2. The van der Waals surface area contributed by atoms with Gasteiger partial charge in [-0.15, -0.1) is 0 Å². The molecule has 0 heterocycles. The number of hydrogen-bond acceptors (Lipinski definition) is 5. The van der Waals surface area contributed by atoms with Gasteiger partial charge in [0.2, 0.25) is 0 Å². The normalized spacial score (nSPS) is 15.2. The second kappa shape index (κ2) is 7.62. The van der Waals surface area contributed by atoms with Crippen molar-refractivity contribution in [3.63, 3.8) is 0 Å². The number of esters is 2. The summed E-state index contributed by atoms with van der Waals surface area (Å²) in [6.45, 7) is 8.87. The van der Waals surface area contributed by atoms with Crippen LogP contribution in [0.3, 0.4) is 0 Å². The van der Waals surface area contributed by atoms with Crippen LogP contribution in [0.1, 0.15) is 53.4 Å². The Kier molecular flexibility index (Phi) is 6.46. The molecular formula is C15H27NO4. The molecule has 1 aliphatic carbocycles. The molecule has 5 heteroatoms. The van der Waals surface area contributed by atoms with E-state index in [1.807, 2.05) is 27.7 Å². The number of nitrogens with zero attached hydrogens (tertiary/aromatic N) is 1. The van der Waals surface area contributed by atoms with Gasteiger partial charge in [-0.3, -0.25) is 14.5 Å². The zero-order valence-corrected chi connectivity index (χ0v) is 13.1. The van der Waals surface area contributed by atoms with Gasteiger partial charge >= 0.3 is 11.9 Å². The van der Waals surface area contributed by atoms with Crippen molar-refractivity contribution in [3.05, 3.63) is 0 Å². The molecule has 1 aliphatic rings. The first kappa shape index (κ1) is 17.0. The average molecular weight is 285 g/mol. The quantitative estimate of drug-likeness (QED) is 0.639. The van der Waals surface area contributed by atoms with E-state index in [9.17, 15) is 9.59 Å². The predicted molar refractivity (Wildman–Crippen MR) is 76.3 cm³/mol. The molecule has 1 fully saturated rings. The van der Waals surface area contributed by atoms with Crippen LogP contribution >= 0.6 is 0 Å². The Morgan fingerprint density at radius 1 is 1.20 bits per heavy atom. The minimum absolute atomic E-state index is 0.176. The molecule has 1 rings (SSSR count). The third-order valence-electron chi connectivity index (χ3n) is 2.95. The van der Waals surface area contributed by atoms with Crippen molar-refractivity contribution in [2.75, 3.05) is 19.7 Å². The molecule has 1 saturated carbocycles. The van der Waals surface area contributed by atoms with Gasteiger partial charge in [0.25, 0.3) is 0 Å². The van der Waals surface area contributed by atoms with Crippen molar-refractivity contribution in [2.24, 2.45) is 0 Å². The molecule has 0 unspecified atom stereocenters. The molecule has 0 N–H and O–H groups in total. The van der Waals surface area contributed by atoms with Crippen molar-refractivity contribution in [3.8, 4) is 0 Å². The maximum absolute atomic E-state index is 11.6. The van der Waals surface area contributed by atoms with Gasteiger partial charge in [-0.05, 0) is 53.5 Å². The van der Waals surface area contributed by atoms with E-state index >= 15 is 0 Å². The van der Waals surface area contributed by atoms with Gasteiger partial charge in [-0.2, -0.15) is 0 Å². The van der Waals surface area contributed by atoms with Crippen LogP contribution in [-0.2, 0) is 19.1 Å². The van der Waals surface area contributed by atoms with Crippen molar-refractivity contribution in [1.82, 2.24) is 4.90 Å². The van der Waals surface area contributed by atoms with E-state index in [1.165, 1.54) is 0 Å². The molecule has 0 aromatic carbocycles. The van der Waals surface area contributed by atoms with Crippen LogP contribution in [0.5, 0.6) is 0 Å². The van der Waals surface area contributed by atoms with Crippen LogP contribution in [0.15, 0.2) is 0 Å². The van der Waals surface area contributed by atoms with Crippen molar-refractivity contribution in [2.45, 2.75) is 65.0 Å². The number of hydrogen-bond donors (Lipinski definition) is 0. The highest BCUT2D eigenvalue weighted by molar-refractivity contribution is 5.72. The first-order valence-electron chi connectivity index (χ1n) is 7.43. The standard InChI is InChI=1S/C15H27NO4/c1-5-19-14(18)11-16(12-8-9-12)10-6-7-13(17)20-15(2,3)4/h12H,5-11H2,1-4H3. The van der Waals surface area contributed by atoms with Crippen LogP contribution in [0.25, 0.3) is 0 Å². The molecule has 0 bridgehead atoms. The van der Waals surface area contributed by atoms with E-state index in [4.69, 9.17) is 9.47 Å². The monoisotopic (exact) mass is 285 g/mol. The van der Waals surface area contributed by atoms with E-state index in [0.717, 1.165) is 19.4 Å². The van der Waals surface area contributed by atoms with Gasteiger partial charge < -0.3 is 9.47 Å². The van der Waals surface area contributed by atoms with Crippen LogP contribution in [0.2, 0.25) is 0 Å². The summed E-state index contributed by atoms with van der Waals surface area (Å²) in [6, 6.07) is 0.484. The summed E-state index contributed by atoms with van der Waals surface area (Å²) in [5.41, 5.74) is -0.432. The third kappa shape index (κ3) is 7.48. The Balaban J connectivity index is 2.26. The van der Waals surface area contributed by atoms with Gasteiger partial charge in [0.15, 0.2) is 0 Å². The largest absolute Gasteiger partial charge is 0.465 e. The molecule has 20 heavy (non-hydrogen) atoms. The second-order valence-corrected chi connectivity index (χ2v) is 6.20. The van der Waals surface area contributed by atoms with Gasteiger partial charge in [0.1, 0.15) is 5.60 Å². The van der Waals surface area contributed by atoms with Gasteiger partial charge in [-0.25, -0.2) is 0 Å². The molecule has 0 aliphatic heterocycles. The predicted octanol–water partition coefficient (Wildman–Crippen LogP) is 2.14. The maximum Gasteiger partial charge on any atom is 0.320 e. The van der Waals surface area contributed by atoms with Crippen LogP contribution in [-0.4, -0.2) is 48.2 Å². The molecule has 5 nitrogen and oxygen atoms in total. The second-order valence-electron chi connectivity index (χ2n) is 6.20. The third-order valence-corrected chi connectivity index (χ3v) is 2.95. The number of carbonyl (C=O) groups excluding carboxylic acids is 2. The van der Waals surface area contributed by atoms with Gasteiger partial charge in [0, 0.05) is 12.5 Å². The summed E-state index contributed by atoms with van der Waals surface area (Å²) < 4.78 is 10.2. The first-order valence-corrected chi connectivity index (χ1v) is 7.43. The Morgan fingerprint density at radius 2 is 1.85 bits per heavy atom. The molecule has 116 valence electrons. The summed E-state index contributed by atoms with van der Waals surface area (Å²) in [4.78, 5) is 25.2. The minimum atomic E-state index is -0.432. The fraction of sp³-hybridized carbons (Fsp3) is 0.867. The maximum atomic E-state index is 11.6. The van der Waals surface area contributed by atoms with Crippen molar-refractivity contribution in [1.29, 1.82) is 0 Å². The van der Waals surface area contributed by atoms with E-state index in [-0.39, 0.29) is 11.9 Å². The average Bonchev–Trinajstić information content (AvgIpc) is 3.09. The molecule has 0 radical (unpaired) electrons. The highest BCUT2D eigenvalue weighted by Gasteiger charge is 2.30. The van der Waals surface area contributed by atoms with E-state index < -0.39 is 5.60 Å². The topological polar surface area (TPSA) is 55.8 Å². The van der Waals surface area contributed by atoms with E-state index in [2.05, 4.69) is 4.90 Å². The lowest BCUT2D eigenvalue weighted by atomic mass is 10.2. The molecule has 0 spiro atoms. The van der Waals surface area contributed by atoms with Gasteiger partial charge in [-0.1, -0.05) is 0 Å². The lowest BCUT2D eigenvalue weighted by molar-refractivity contribution is -0.154. The lowest BCUT2D eigenvalue weighted by Gasteiger charge is -2.22. The van der Waals surface area contributed by atoms with Gasteiger partial charge in [0.05, 0.1) is 13.2 Å². The SMILES string of the molecule is CCOC(=O)CN(CCCC(=O)OC(C)(C)C)C1CC1. The van der Waals surface area contributed by atoms with E-state index in [0.29, 0.717) is 32.0 Å². The van der Waals surface area contributed by atoms with E-state index in [1.54, 1.807) is 0 Å². The Labute approximate surface area is 121 Å². The van der Waals surface area contributed by atoms with Crippen LogP contribution in [0, 0.1) is 0 Å². The summed E-state index contributed by atoms with van der Waals surface area (Å²) in [5.74, 6) is -0.360. The molecule has 0 saturated heterocycles. The molecule has 0 amide bonds. The summed E-state index contributed by atoms with van der Waals surface area (Å²) in [5, 5.41) is 0. The summed E-state index contributed by atoms with van der Waals surface area (Å²) in [7, 11) is 0. The molecule has 0 atom stereocenters. The smallest absolute Gasteiger partial charge is 0.320 e. The summed E-state index contributed by atoms with van der Waals surface area (Å²) in [6.07, 6.45) is 3.37. The summed E-state index contributed by atoms with van der Waals surface area (Å²) >= 11 is 0. The van der Waals surface area contributed by atoms with Crippen molar-refractivity contribution < 1.29 is 19.1 Å². The van der Waals surface area contributed by atoms with Crippen LogP contribution in [0.4, 0.5) is 0 Å². The fourth-order valence-corrected chi connectivity index (χ4v) is 2.02. The number of ether oxygens (including phenoxy) is 2. The Bertz CT molecular complexity index is 331. The molecular weight excluding hydrogens is 258 g/mol. The molecule has 0 aromatic rings. The zero-order valence-electron chi connectivity index (χ0n) is 13.1. The van der Waals surface area contributed by atoms with Crippen molar-refractivity contribution >= 4 is 11.9 Å². The fourth-order valence-electron chi connectivity index (χ4n) is 2.02. The van der Waals surface area contributed by atoms with Crippen LogP contribution < -0.4 is 0 Å². The highest BCUT2D eigenvalue weighted by atomic mass is 16.6. The highest BCUT2D eigenvalue weighted by Crippen LogP contribution is 2.27.